The Hall–Kier alpha value is -2.24. The Bertz CT molecular complexity index is 574. The van der Waals surface area contributed by atoms with Gasteiger partial charge in [-0.05, 0) is 13.0 Å². The summed E-state index contributed by atoms with van der Waals surface area (Å²) >= 11 is 0. The Labute approximate surface area is 90.5 Å². The molecular formula is C10H9N3O3. The molecule has 1 aromatic carbocycles. The molecule has 0 spiro atoms. The molecule has 82 valence electrons. The van der Waals surface area contributed by atoms with Crippen molar-refractivity contribution >= 4 is 22.5 Å². The van der Waals surface area contributed by atoms with Crippen molar-refractivity contribution in [2.24, 2.45) is 0 Å². The number of ketones is 1. The number of imidazole rings is 1. The lowest BCUT2D eigenvalue weighted by Crippen LogP contribution is -1.97. The molecule has 0 radical (unpaired) electrons. The van der Waals surface area contributed by atoms with Crippen LogP contribution in [0.5, 0.6) is 0 Å². The van der Waals surface area contributed by atoms with Gasteiger partial charge in [0.05, 0.1) is 22.4 Å². The molecule has 1 heterocycles. The molecule has 1 aromatic heterocycles. The fourth-order valence-corrected chi connectivity index (χ4v) is 1.48. The third kappa shape index (κ3) is 1.90. The van der Waals surface area contributed by atoms with E-state index in [1.165, 1.54) is 19.1 Å². The van der Waals surface area contributed by atoms with Crippen LogP contribution in [0.25, 0.3) is 11.0 Å². The first kappa shape index (κ1) is 10.3. The van der Waals surface area contributed by atoms with Crippen LogP contribution in [0.3, 0.4) is 0 Å². The number of rotatable bonds is 3. The van der Waals surface area contributed by atoms with Crippen LogP contribution in [0, 0.1) is 10.1 Å². The summed E-state index contributed by atoms with van der Waals surface area (Å²) in [4.78, 5) is 28.0. The minimum atomic E-state index is -0.467. The number of aromatic amines is 1. The van der Waals surface area contributed by atoms with Crippen LogP contribution < -0.4 is 0 Å². The molecular weight excluding hydrogens is 210 g/mol. The SMILES string of the molecule is CC(=O)Cc1nc2ccc([N+](=O)[O-])cc2[nH]1. The van der Waals surface area contributed by atoms with Crippen LogP contribution in [0.15, 0.2) is 18.2 Å². The average Bonchev–Trinajstić information content (AvgIpc) is 2.56. The molecule has 0 saturated heterocycles. The van der Waals surface area contributed by atoms with Gasteiger partial charge in [0.25, 0.3) is 5.69 Å². The van der Waals surface area contributed by atoms with Gasteiger partial charge in [0, 0.05) is 12.1 Å². The summed E-state index contributed by atoms with van der Waals surface area (Å²) in [5, 5.41) is 10.5. The molecule has 0 bridgehead atoms. The monoisotopic (exact) mass is 219 g/mol. The van der Waals surface area contributed by atoms with E-state index in [0.717, 1.165) is 0 Å². The van der Waals surface area contributed by atoms with Gasteiger partial charge in [-0.3, -0.25) is 14.9 Å². The first-order valence-electron chi connectivity index (χ1n) is 4.69. The van der Waals surface area contributed by atoms with E-state index >= 15 is 0 Å². The number of H-pyrrole nitrogens is 1. The highest BCUT2D eigenvalue weighted by molar-refractivity contribution is 5.81. The Morgan fingerprint density at radius 3 is 2.94 bits per heavy atom. The van der Waals surface area contributed by atoms with E-state index in [4.69, 9.17) is 0 Å². The van der Waals surface area contributed by atoms with Crippen molar-refractivity contribution in [2.75, 3.05) is 0 Å². The summed E-state index contributed by atoms with van der Waals surface area (Å²) in [5.41, 5.74) is 1.21. The van der Waals surface area contributed by atoms with E-state index in [-0.39, 0.29) is 17.9 Å². The molecule has 1 N–H and O–H groups in total. The molecule has 2 rings (SSSR count). The van der Waals surface area contributed by atoms with Crippen molar-refractivity contribution < 1.29 is 9.72 Å². The van der Waals surface area contributed by atoms with E-state index < -0.39 is 4.92 Å². The molecule has 0 aliphatic rings. The van der Waals surface area contributed by atoms with Crippen molar-refractivity contribution in [2.45, 2.75) is 13.3 Å². The lowest BCUT2D eigenvalue weighted by molar-refractivity contribution is -0.384. The van der Waals surface area contributed by atoms with Crippen LogP contribution in [-0.4, -0.2) is 20.7 Å². The number of carbonyl (C=O) groups is 1. The number of carbonyl (C=O) groups excluding carboxylic acids is 1. The van der Waals surface area contributed by atoms with Gasteiger partial charge >= 0.3 is 0 Å². The third-order valence-corrected chi connectivity index (χ3v) is 2.14. The van der Waals surface area contributed by atoms with Crippen molar-refractivity contribution in [1.29, 1.82) is 0 Å². The molecule has 2 aromatic rings. The maximum absolute atomic E-state index is 10.9. The quantitative estimate of drug-likeness (QED) is 0.627. The Kier molecular flexibility index (Phi) is 2.40. The number of hydrogen-bond acceptors (Lipinski definition) is 4. The maximum atomic E-state index is 10.9. The van der Waals surface area contributed by atoms with Crippen molar-refractivity contribution in [3.8, 4) is 0 Å². The van der Waals surface area contributed by atoms with E-state index in [2.05, 4.69) is 9.97 Å². The molecule has 0 saturated carbocycles. The molecule has 0 fully saturated rings. The summed E-state index contributed by atoms with van der Waals surface area (Å²) in [6.45, 7) is 1.47. The summed E-state index contributed by atoms with van der Waals surface area (Å²) in [5.74, 6) is 0.525. The minimum Gasteiger partial charge on any atom is -0.341 e. The second kappa shape index (κ2) is 3.73. The number of benzene rings is 1. The predicted octanol–water partition coefficient (Wildman–Crippen LogP) is 1.60. The summed E-state index contributed by atoms with van der Waals surface area (Å²) < 4.78 is 0. The second-order valence-corrected chi connectivity index (χ2v) is 3.52. The number of fused-ring (bicyclic) bond motifs is 1. The van der Waals surface area contributed by atoms with E-state index in [0.29, 0.717) is 16.9 Å². The highest BCUT2D eigenvalue weighted by atomic mass is 16.6. The first-order chi connectivity index (χ1) is 7.56. The number of nitrogens with one attached hydrogen (secondary N) is 1. The number of nitrogens with zero attached hydrogens (tertiary/aromatic N) is 2. The van der Waals surface area contributed by atoms with Gasteiger partial charge in [0.1, 0.15) is 11.6 Å². The summed E-state index contributed by atoms with van der Waals surface area (Å²) in [6, 6.07) is 4.36. The standard InChI is InChI=1S/C10H9N3O3/c1-6(14)4-10-11-8-3-2-7(13(15)16)5-9(8)12-10/h2-3,5H,4H2,1H3,(H,11,12). The van der Waals surface area contributed by atoms with Gasteiger partial charge < -0.3 is 4.98 Å². The molecule has 6 heteroatoms. The first-order valence-corrected chi connectivity index (χ1v) is 4.69. The van der Waals surface area contributed by atoms with E-state index in [9.17, 15) is 14.9 Å². The van der Waals surface area contributed by atoms with Gasteiger partial charge in [-0.15, -0.1) is 0 Å². The van der Waals surface area contributed by atoms with Gasteiger partial charge in [-0.25, -0.2) is 4.98 Å². The molecule has 0 unspecified atom stereocenters. The van der Waals surface area contributed by atoms with E-state index in [1.807, 2.05) is 0 Å². The normalized spacial score (nSPS) is 10.6. The Morgan fingerprint density at radius 2 is 2.31 bits per heavy atom. The molecule has 0 aliphatic heterocycles. The smallest absolute Gasteiger partial charge is 0.271 e. The van der Waals surface area contributed by atoms with Gasteiger partial charge in [-0.2, -0.15) is 0 Å². The lowest BCUT2D eigenvalue weighted by atomic mass is 10.3. The van der Waals surface area contributed by atoms with Crippen molar-refractivity contribution in [3.05, 3.63) is 34.1 Å². The molecule has 0 amide bonds. The molecule has 6 nitrogen and oxygen atoms in total. The number of nitro groups is 1. The second-order valence-electron chi connectivity index (χ2n) is 3.52. The van der Waals surface area contributed by atoms with Crippen molar-refractivity contribution in [1.82, 2.24) is 9.97 Å². The van der Waals surface area contributed by atoms with Gasteiger partial charge in [-0.1, -0.05) is 0 Å². The van der Waals surface area contributed by atoms with Crippen LogP contribution in [-0.2, 0) is 11.2 Å². The van der Waals surface area contributed by atoms with Gasteiger partial charge in [0.2, 0.25) is 0 Å². The van der Waals surface area contributed by atoms with Crippen LogP contribution >= 0.6 is 0 Å². The predicted molar refractivity (Wildman–Crippen MR) is 57.1 cm³/mol. The minimum absolute atomic E-state index is 0.00512. The third-order valence-electron chi connectivity index (χ3n) is 2.14. The van der Waals surface area contributed by atoms with Crippen LogP contribution in [0.2, 0.25) is 0 Å². The van der Waals surface area contributed by atoms with Crippen molar-refractivity contribution in [3.63, 3.8) is 0 Å². The summed E-state index contributed by atoms with van der Waals surface area (Å²) in [6.07, 6.45) is 0.211. The largest absolute Gasteiger partial charge is 0.341 e. The Morgan fingerprint density at radius 1 is 1.56 bits per heavy atom. The lowest BCUT2D eigenvalue weighted by Gasteiger charge is -1.89. The fraction of sp³-hybridized carbons (Fsp3) is 0.200. The summed E-state index contributed by atoms with van der Waals surface area (Å²) in [7, 11) is 0. The fourth-order valence-electron chi connectivity index (χ4n) is 1.48. The van der Waals surface area contributed by atoms with Crippen LogP contribution in [0.1, 0.15) is 12.7 Å². The van der Waals surface area contributed by atoms with Gasteiger partial charge in [0.15, 0.2) is 0 Å². The topological polar surface area (TPSA) is 88.9 Å². The molecule has 0 aliphatic carbocycles. The zero-order valence-corrected chi connectivity index (χ0v) is 8.56. The maximum Gasteiger partial charge on any atom is 0.271 e. The zero-order valence-electron chi connectivity index (χ0n) is 8.56. The molecule has 16 heavy (non-hydrogen) atoms. The highest BCUT2D eigenvalue weighted by Crippen LogP contribution is 2.18. The number of Topliss-reactive ketones (excluding diaryl/α,β-unsaturated/α-hetero) is 1. The number of nitro benzene ring substituents is 1. The molecule has 0 atom stereocenters. The number of aromatic nitrogens is 2. The van der Waals surface area contributed by atoms with Crippen LogP contribution in [0.4, 0.5) is 5.69 Å². The highest BCUT2D eigenvalue weighted by Gasteiger charge is 2.10. The zero-order chi connectivity index (χ0) is 11.7. The number of non-ortho nitro benzene ring substituents is 1. The average molecular weight is 219 g/mol. The van der Waals surface area contributed by atoms with E-state index in [1.54, 1.807) is 6.07 Å². The Balaban J connectivity index is 2.45. The number of hydrogen-bond donors (Lipinski definition) is 1.